The number of aromatic nitrogens is 2. The number of aromatic amines is 1. The number of nitrogens with two attached hydrogens (primary N) is 1. The number of methoxy groups -OCH3 is 1. The number of allylic oxidation sites excluding steroid dienone is 1. The number of primary amides is 1. The van der Waals surface area contributed by atoms with E-state index < -0.39 is 89.7 Å². The Morgan fingerprint density at radius 2 is 1.95 bits per heavy atom. The van der Waals surface area contributed by atoms with Gasteiger partial charge in [-0.1, -0.05) is 0 Å². The lowest BCUT2D eigenvalue weighted by molar-refractivity contribution is -0.241. The van der Waals surface area contributed by atoms with Gasteiger partial charge < -0.3 is 45.3 Å². The number of nitrogens with one attached hydrogen (secondary N) is 2. The van der Waals surface area contributed by atoms with E-state index in [1.807, 2.05) is 4.98 Å². The van der Waals surface area contributed by atoms with Crippen LogP contribution in [-0.2, 0) is 33.3 Å². The van der Waals surface area contributed by atoms with Crippen LogP contribution in [0.2, 0.25) is 0 Å². The Morgan fingerprint density at radius 3 is 2.61 bits per heavy atom. The van der Waals surface area contributed by atoms with Crippen LogP contribution in [0.5, 0.6) is 0 Å². The first-order valence-electron chi connectivity index (χ1n) is 12.7. The van der Waals surface area contributed by atoms with Gasteiger partial charge in [-0.15, -0.1) is 0 Å². The molecule has 3 aliphatic heterocycles. The minimum atomic E-state index is -1.84. The van der Waals surface area contributed by atoms with Crippen molar-refractivity contribution in [1.29, 1.82) is 0 Å². The fraction of sp³-hybridized carbons (Fsp3) is 0.625. The number of carbonyl (C=O) groups is 3. The van der Waals surface area contributed by atoms with Crippen molar-refractivity contribution in [2.45, 2.75) is 68.5 Å². The first kappa shape index (κ1) is 30.9. The molecule has 1 aromatic heterocycles. The second-order valence-electron chi connectivity index (χ2n) is 9.85. The molecule has 2 fully saturated rings. The van der Waals surface area contributed by atoms with E-state index in [0.29, 0.717) is 11.5 Å². The summed E-state index contributed by atoms with van der Waals surface area (Å²) >= 11 is 1.56. The fourth-order valence-electron chi connectivity index (χ4n) is 4.80. The third-order valence-corrected chi connectivity index (χ3v) is 8.14. The topological polar surface area (TPSA) is 242 Å². The van der Waals surface area contributed by atoms with Crippen LogP contribution in [0.25, 0.3) is 0 Å². The Kier molecular flexibility index (Phi) is 9.68. The minimum absolute atomic E-state index is 0.171. The van der Waals surface area contributed by atoms with Crippen molar-refractivity contribution in [3.05, 3.63) is 44.9 Å². The van der Waals surface area contributed by atoms with E-state index in [-0.39, 0.29) is 12.5 Å². The molecule has 0 unspecified atom stereocenters. The molecule has 41 heavy (non-hydrogen) atoms. The Balaban J connectivity index is 1.56. The SMILES string of the molecule is CO[C@H]1[C@@H](O)[C@H](n2ccc(=O)[nH]c2=O)O[C@@H]1[C@H](O[C@H]1OC(C(=O)[C@H]2CCSC[C@@H](C)NC2=O)=C[C@H](O)[C@@H]1O)C(N)=O. The van der Waals surface area contributed by atoms with Gasteiger partial charge in [0.05, 0.1) is 0 Å². The minimum Gasteiger partial charge on any atom is -0.458 e. The number of nitrogens with zero attached hydrogens (tertiary/aromatic N) is 1. The summed E-state index contributed by atoms with van der Waals surface area (Å²) in [5.74, 6) is -2.81. The summed E-state index contributed by atoms with van der Waals surface area (Å²) in [7, 11) is 1.19. The maximum Gasteiger partial charge on any atom is 0.330 e. The number of ketones is 1. The van der Waals surface area contributed by atoms with Crippen LogP contribution in [0.1, 0.15) is 19.6 Å². The van der Waals surface area contributed by atoms with Gasteiger partial charge in [0.25, 0.3) is 5.56 Å². The van der Waals surface area contributed by atoms with Gasteiger partial charge in [0.2, 0.25) is 23.9 Å². The predicted octanol–water partition coefficient (Wildman–Crippen LogP) is -3.53. The van der Waals surface area contributed by atoms with Crippen LogP contribution in [0.3, 0.4) is 0 Å². The van der Waals surface area contributed by atoms with Gasteiger partial charge in [-0.2, -0.15) is 11.8 Å². The molecular weight excluding hydrogens is 568 g/mol. The van der Waals surface area contributed by atoms with Gasteiger partial charge in [-0.05, 0) is 25.2 Å². The Morgan fingerprint density at radius 1 is 1.22 bits per heavy atom. The molecule has 7 N–H and O–H groups in total. The molecule has 2 saturated heterocycles. The van der Waals surface area contributed by atoms with Gasteiger partial charge in [0.15, 0.2) is 18.1 Å². The second-order valence-corrected chi connectivity index (χ2v) is 11.0. The molecule has 2 amide bonds. The number of hydrogen-bond acceptors (Lipinski definition) is 13. The molecule has 0 aromatic carbocycles. The lowest BCUT2D eigenvalue weighted by Crippen LogP contribution is -2.54. The van der Waals surface area contributed by atoms with Crippen molar-refractivity contribution < 1.29 is 48.7 Å². The summed E-state index contributed by atoms with van der Waals surface area (Å²) in [5.41, 5.74) is 3.94. The summed E-state index contributed by atoms with van der Waals surface area (Å²) in [5, 5.41) is 34.6. The van der Waals surface area contributed by atoms with Gasteiger partial charge >= 0.3 is 5.69 Å². The highest BCUT2D eigenvalue weighted by Crippen LogP contribution is 2.34. The number of rotatable bonds is 8. The van der Waals surface area contributed by atoms with Crippen LogP contribution in [0.15, 0.2) is 33.7 Å². The molecule has 3 aliphatic rings. The van der Waals surface area contributed by atoms with Crippen molar-refractivity contribution >= 4 is 29.4 Å². The van der Waals surface area contributed by atoms with Crippen LogP contribution in [0.4, 0.5) is 0 Å². The molecule has 0 radical (unpaired) electrons. The number of thioether (sulfide) groups is 1. The second kappa shape index (κ2) is 12.8. The third kappa shape index (κ3) is 6.56. The maximum atomic E-state index is 13.3. The van der Waals surface area contributed by atoms with Gasteiger partial charge in [-0.25, -0.2) is 4.79 Å². The number of hydrogen-bond donors (Lipinski definition) is 6. The zero-order valence-corrected chi connectivity index (χ0v) is 22.9. The molecule has 4 heterocycles. The summed E-state index contributed by atoms with van der Waals surface area (Å²) < 4.78 is 23.1. The van der Waals surface area contributed by atoms with E-state index in [1.165, 1.54) is 7.11 Å². The molecule has 17 heteroatoms. The Labute approximate surface area is 236 Å². The molecule has 4 rings (SSSR count). The third-order valence-electron chi connectivity index (χ3n) is 6.88. The van der Waals surface area contributed by atoms with E-state index in [0.717, 1.165) is 22.9 Å². The predicted molar refractivity (Wildman–Crippen MR) is 139 cm³/mol. The number of aliphatic hydroxyl groups is 3. The highest BCUT2D eigenvalue weighted by atomic mass is 32.2. The molecule has 0 saturated carbocycles. The summed E-state index contributed by atoms with van der Waals surface area (Å²) in [6.45, 7) is 1.80. The van der Waals surface area contributed by atoms with Crippen LogP contribution in [-0.4, -0.2) is 110 Å². The quantitative estimate of drug-likeness (QED) is 0.159. The molecule has 0 aliphatic carbocycles. The lowest BCUT2D eigenvalue weighted by atomic mass is 9.95. The molecule has 0 bridgehead atoms. The van der Waals surface area contributed by atoms with Crippen LogP contribution < -0.4 is 22.3 Å². The van der Waals surface area contributed by atoms with Gasteiger partial charge in [0.1, 0.15) is 36.4 Å². The highest BCUT2D eigenvalue weighted by Gasteiger charge is 2.52. The van der Waals surface area contributed by atoms with Gasteiger partial charge in [0, 0.05) is 31.2 Å². The van der Waals surface area contributed by atoms with Crippen molar-refractivity contribution in [2.75, 3.05) is 18.6 Å². The number of aliphatic hydroxyl groups excluding tert-OH is 3. The number of carbonyl (C=O) groups excluding carboxylic acids is 3. The standard InChI is InChI=1S/C24H32N4O12S/c1-9-8-41-6-4-10(21(35)26-9)14(31)12-7-11(29)15(32)23(38-12)40-19(20(25)34)18-17(37-2)16(33)22(39-18)28-5-3-13(30)27-24(28)36/h3,5,7,9-11,15-19,22-23,29,32-33H,4,6,8H2,1-2H3,(H2,25,34)(H,26,35)(H,27,30,36)/t9-,10-,11+,15+,16-,17+,18+,19+,22-,23-/m1/s1. The Hall–Kier alpha value is -3.06. The average molecular weight is 601 g/mol. The molecular formula is C24H32N4O12S. The number of Topliss-reactive ketones (excluding diaryl/α,β-unsaturated/α-hetero) is 1. The molecule has 1 aromatic rings. The van der Waals surface area contributed by atoms with Crippen molar-refractivity contribution in [2.24, 2.45) is 11.7 Å². The number of ether oxygens (including phenoxy) is 4. The largest absolute Gasteiger partial charge is 0.458 e. The van der Waals surface area contributed by atoms with E-state index in [2.05, 4.69) is 5.32 Å². The molecule has 16 nitrogen and oxygen atoms in total. The lowest BCUT2D eigenvalue weighted by Gasteiger charge is -2.35. The zero-order chi connectivity index (χ0) is 30.0. The smallest absolute Gasteiger partial charge is 0.330 e. The summed E-state index contributed by atoms with van der Waals surface area (Å²) in [6, 6.07) is 0.846. The normalized spacial score (nSPS) is 34.9. The summed E-state index contributed by atoms with van der Waals surface area (Å²) in [6.07, 6.45) is -10.7. The number of amides is 2. The van der Waals surface area contributed by atoms with Crippen molar-refractivity contribution in [3.8, 4) is 0 Å². The van der Waals surface area contributed by atoms with Crippen LogP contribution >= 0.6 is 11.8 Å². The average Bonchev–Trinajstić information content (AvgIpc) is 3.22. The molecule has 10 atom stereocenters. The highest BCUT2D eigenvalue weighted by molar-refractivity contribution is 7.99. The number of H-pyrrole nitrogens is 1. The van der Waals surface area contributed by atoms with E-state index in [1.54, 1.807) is 18.7 Å². The first-order chi connectivity index (χ1) is 19.4. The van der Waals surface area contributed by atoms with Crippen LogP contribution in [0, 0.1) is 5.92 Å². The monoisotopic (exact) mass is 600 g/mol. The Bertz CT molecular complexity index is 1300. The zero-order valence-electron chi connectivity index (χ0n) is 22.1. The molecule has 0 spiro atoms. The van der Waals surface area contributed by atoms with E-state index in [9.17, 15) is 39.3 Å². The first-order valence-corrected chi connectivity index (χ1v) is 13.9. The summed E-state index contributed by atoms with van der Waals surface area (Å²) in [4.78, 5) is 64.2. The maximum absolute atomic E-state index is 13.3. The fourth-order valence-corrected chi connectivity index (χ4v) is 5.80. The van der Waals surface area contributed by atoms with Crippen molar-refractivity contribution in [1.82, 2.24) is 14.9 Å². The van der Waals surface area contributed by atoms with Gasteiger partial charge in [-0.3, -0.25) is 28.7 Å². The van der Waals surface area contributed by atoms with E-state index >= 15 is 0 Å². The molecule has 226 valence electrons. The van der Waals surface area contributed by atoms with Crippen molar-refractivity contribution in [3.63, 3.8) is 0 Å². The van der Waals surface area contributed by atoms with E-state index in [4.69, 9.17) is 24.7 Å².